The molecule has 21 heavy (non-hydrogen) atoms. The van der Waals surface area contributed by atoms with Crippen molar-refractivity contribution in [2.24, 2.45) is 5.92 Å². The van der Waals surface area contributed by atoms with Gasteiger partial charge in [-0.2, -0.15) is 0 Å². The van der Waals surface area contributed by atoms with Gasteiger partial charge in [-0.15, -0.1) is 0 Å². The van der Waals surface area contributed by atoms with E-state index in [1.54, 1.807) is 7.11 Å². The molecule has 118 valence electrons. The molecule has 1 heterocycles. The molecule has 1 N–H and O–H groups in total. The van der Waals surface area contributed by atoms with Gasteiger partial charge < -0.3 is 19.7 Å². The molecule has 1 fully saturated rings. The standard InChI is InChI=1S/C17H28N2O2/c1-14(15-6-5-9-19(2)13-15)18-16-7-4-8-17(12-16)21-11-10-20-3/h4,7-8,12,14-15,18H,5-6,9-11,13H2,1-3H3. The zero-order valence-electron chi connectivity index (χ0n) is 13.5. The highest BCUT2D eigenvalue weighted by molar-refractivity contribution is 5.48. The van der Waals surface area contributed by atoms with Crippen molar-refractivity contribution in [1.29, 1.82) is 0 Å². The molecular formula is C17H28N2O2. The van der Waals surface area contributed by atoms with Crippen molar-refractivity contribution in [3.8, 4) is 5.75 Å². The third kappa shape index (κ3) is 5.21. The Hall–Kier alpha value is -1.26. The minimum Gasteiger partial charge on any atom is -0.491 e. The van der Waals surface area contributed by atoms with E-state index in [1.165, 1.54) is 25.9 Å². The van der Waals surface area contributed by atoms with E-state index in [2.05, 4.69) is 36.3 Å². The maximum Gasteiger partial charge on any atom is 0.121 e. The molecule has 1 aromatic rings. The van der Waals surface area contributed by atoms with Gasteiger partial charge in [-0.05, 0) is 51.4 Å². The molecular weight excluding hydrogens is 264 g/mol. The second kappa shape index (κ2) is 8.25. The van der Waals surface area contributed by atoms with E-state index in [4.69, 9.17) is 9.47 Å². The Bertz CT molecular complexity index is 425. The molecule has 0 amide bonds. The first-order chi connectivity index (χ1) is 10.2. The normalized spacial score (nSPS) is 21.0. The number of hydrogen-bond acceptors (Lipinski definition) is 4. The largest absolute Gasteiger partial charge is 0.491 e. The highest BCUT2D eigenvalue weighted by atomic mass is 16.5. The number of anilines is 1. The quantitative estimate of drug-likeness (QED) is 0.784. The second-order valence-corrected chi connectivity index (χ2v) is 5.97. The Kier molecular flexibility index (Phi) is 6.33. The molecule has 0 saturated carbocycles. The van der Waals surface area contributed by atoms with Crippen LogP contribution >= 0.6 is 0 Å². The summed E-state index contributed by atoms with van der Waals surface area (Å²) in [7, 11) is 3.90. The first kappa shape index (κ1) is 16.1. The van der Waals surface area contributed by atoms with Crippen LogP contribution in [0, 0.1) is 5.92 Å². The molecule has 4 heteroatoms. The van der Waals surface area contributed by atoms with Crippen molar-refractivity contribution in [3.63, 3.8) is 0 Å². The van der Waals surface area contributed by atoms with Gasteiger partial charge in [-0.3, -0.25) is 0 Å². The molecule has 0 spiro atoms. The number of ether oxygens (including phenoxy) is 2. The van der Waals surface area contributed by atoms with Crippen LogP contribution in [-0.4, -0.2) is 51.4 Å². The van der Waals surface area contributed by atoms with Crippen molar-refractivity contribution in [3.05, 3.63) is 24.3 Å². The lowest BCUT2D eigenvalue weighted by molar-refractivity contribution is 0.146. The summed E-state index contributed by atoms with van der Waals surface area (Å²) in [5, 5.41) is 3.63. The highest BCUT2D eigenvalue weighted by Gasteiger charge is 2.22. The molecule has 4 nitrogen and oxygen atoms in total. The monoisotopic (exact) mass is 292 g/mol. The summed E-state index contributed by atoms with van der Waals surface area (Å²) in [6, 6.07) is 8.66. The van der Waals surface area contributed by atoms with Gasteiger partial charge in [0.1, 0.15) is 12.4 Å². The number of rotatable bonds is 7. The van der Waals surface area contributed by atoms with Crippen LogP contribution in [0.1, 0.15) is 19.8 Å². The average Bonchev–Trinajstić information content (AvgIpc) is 2.48. The van der Waals surface area contributed by atoms with E-state index < -0.39 is 0 Å². The maximum atomic E-state index is 5.66. The van der Waals surface area contributed by atoms with E-state index in [0.29, 0.717) is 25.2 Å². The molecule has 2 unspecified atom stereocenters. The number of benzene rings is 1. The number of methoxy groups -OCH3 is 1. The van der Waals surface area contributed by atoms with Crippen LogP contribution in [0.25, 0.3) is 0 Å². The molecule has 1 aromatic carbocycles. The van der Waals surface area contributed by atoms with Crippen molar-refractivity contribution < 1.29 is 9.47 Å². The van der Waals surface area contributed by atoms with Crippen LogP contribution in [0.3, 0.4) is 0 Å². The van der Waals surface area contributed by atoms with Crippen LogP contribution in [0.5, 0.6) is 5.75 Å². The molecule has 2 atom stereocenters. The predicted molar refractivity (Wildman–Crippen MR) is 87.1 cm³/mol. The van der Waals surface area contributed by atoms with E-state index >= 15 is 0 Å². The van der Waals surface area contributed by atoms with Gasteiger partial charge in [0.2, 0.25) is 0 Å². The third-order valence-electron chi connectivity index (χ3n) is 4.15. The summed E-state index contributed by atoms with van der Waals surface area (Å²) in [6.45, 7) is 5.89. The number of nitrogens with zero attached hydrogens (tertiary/aromatic N) is 1. The zero-order valence-corrected chi connectivity index (χ0v) is 13.5. The van der Waals surface area contributed by atoms with Crippen LogP contribution in [0.2, 0.25) is 0 Å². The lowest BCUT2D eigenvalue weighted by Crippen LogP contribution is -2.39. The maximum absolute atomic E-state index is 5.66. The van der Waals surface area contributed by atoms with Crippen LogP contribution in [-0.2, 0) is 4.74 Å². The van der Waals surface area contributed by atoms with E-state index in [-0.39, 0.29) is 0 Å². The molecule has 1 aliphatic heterocycles. The van der Waals surface area contributed by atoms with Gasteiger partial charge in [-0.25, -0.2) is 0 Å². The fourth-order valence-corrected chi connectivity index (χ4v) is 2.91. The first-order valence-electron chi connectivity index (χ1n) is 7.86. The van der Waals surface area contributed by atoms with Crippen LogP contribution in [0.15, 0.2) is 24.3 Å². The molecule has 0 radical (unpaired) electrons. The number of likely N-dealkylation sites (tertiary alicyclic amines) is 1. The number of piperidine rings is 1. The van der Waals surface area contributed by atoms with Gasteiger partial charge >= 0.3 is 0 Å². The Morgan fingerprint density at radius 2 is 2.24 bits per heavy atom. The van der Waals surface area contributed by atoms with Gasteiger partial charge in [-0.1, -0.05) is 6.07 Å². The minimum absolute atomic E-state index is 0.474. The van der Waals surface area contributed by atoms with Crippen molar-refractivity contribution in [1.82, 2.24) is 4.90 Å². The Morgan fingerprint density at radius 1 is 1.38 bits per heavy atom. The lowest BCUT2D eigenvalue weighted by Gasteiger charge is -2.34. The average molecular weight is 292 g/mol. The van der Waals surface area contributed by atoms with Crippen molar-refractivity contribution in [2.45, 2.75) is 25.8 Å². The second-order valence-electron chi connectivity index (χ2n) is 5.97. The topological polar surface area (TPSA) is 33.7 Å². The molecule has 1 aliphatic rings. The fourth-order valence-electron chi connectivity index (χ4n) is 2.91. The third-order valence-corrected chi connectivity index (χ3v) is 4.15. The van der Waals surface area contributed by atoms with E-state index in [0.717, 1.165) is 11.4 Å². The highest BCUT2D eigenvalue weighted by Crippen LogP contribution is 2.23. The Morgan fingerprint density at radius 3 is 3.00 bits per heavy atom. The van der Waals surface area contributed by atoms with Gasteiger partial charge in [0, 0.05) is 31.5 Å². The van der Waals surface area contributed by atoms with Crippen LogP contribution < -0.4 is 10.1 Å². The fraction of sp³-hybridized carbons (Fsp3) is 0.647. The Balaban J connectivity index is 1.87. The summed E-state index contributed by atoms with van der Waals surface area (Å²) >= 11 is 0. The lowest BCUT2D eigenvalue weighted by atomic mass is 9.92. The summed E-state index contributed by atoms with van der Waals surface area (Å²) in [5.74, 6) is 1.60. The molecule has 1 saturated heterocycles. The van der Waals surface area contributed by atoms with Gasteiger partial charge in [0.15, 0.2) is 0 Å². The summed E-state index contributed by atoms with van der Waals surface area (Å²) in [5.41, 5.74) is 1.13. The molecule has 0 aromatic heterocycles. The van der Waals surface area contributed by atoms with Crippen LogP contribution in [0.4, 0.5) is 5.69 Å². The summed E-state index contributed by atoms with van der Waals surface area (Å²) < 4.78 is 10.7. The molecule has 0 aliphatic carbocycles. The van der Waals surface area contributed by atoms with Crippen molar-refractivity contribution >= 4 is 5.69 Å². The minimum atomic E-state index is 0.474. The van der Waals surface area contributed by atoms with Gasteiger partial charge in [0.25, 0.3) is 0 Å². The SMILES string of the molecule is COCCOc1cccc(NC(C)C2CCCN(C)C2)c1. The van der Waals surface area contributed by atoms with Crippen molar-refractivity contribution in [2.75, 3.05) is 45.8 Å². The van der Waals surface area contributed by atoms with Gasteiger partial charge in [0.05, 0.1) is 6.61 Å². The zero-order chi connectivity index (χ0) is 15.1. The van der Waals surface area contributed by atoms with E-state index in [9.17, 15) is 0 Å². The number of hydrogen-bond donors (Lipinski definition) is 1. The summed E-state index contributed by atoms with van der Waals surface area (Å²) in [6.07, 6.45) is 2.61. The Labute approximate surface area is 128 Å². The van der Waals surface area contributed by atoms with E-state index in [1.807, 2.05) is 12.1 Å². The first-order valence-corrected chi connectivity index (χ1v) is 7.86. The molecule has 0 bridgehead atoms. The number of nitrogens with one attached hydrogen (secondary N) is 1. The predicted octanol–water partition coefficient (Wildman–Crippen LogP) is 2.85. The summed E-state index contributed by atoms with van der Waals surface area (Å²) in [4.78, 5) is 2.43. The molecule has 2 rings (SSSR count). The smallest absolute Gasteiger partial charge is 0.121 e.